The van der Waals surface area contributed by atoms with Gasteiger partial charge in [0.05, 0.1) is 6.04 Å². The molecule has 0 N–H and O–H groups in total. The van der Waals surface area contributed by atoms with Crippen LogP contribution in [-0.4, -0.2) is 22.7 Å². The average Bonchev–Trinajstić information content (AvgIpc) is 2.35. The molecule has 3 heteroatoms. The third kappa shape index (κ3) is 0.721. The molecule has 0 aromatic carbocycles. The number of nitrogens with zero attached hydrogens (tertiary/aromatic N) is 2. The fraction of sp³-hybridized carbons (Fsp3) is 0.500. The molecule has 0 spiro atoms. The molecule has 48 valence electrons. The van der Waals surface area contributed by atoms with Crippen LogP contribution >= 0.6 is 11.9 Å². The Balaban J connectivity index is 2.22. The molecular formula is C6H8N2S. The summed E-state index contributed by atoms with van der Waals surface area (Å²) in [5, 5.41) is 2.12. The Morgan fingerprint density at radius 2 is 2.56 bits per heavy atom. The van der Waals surface area contributed by atoms with Gasteiger partial charge in [-0.15, -0.1) is 0 Å². The van der Waals surface area contributed by atoms with Crippen molar-refractivity contribution < 1.29 is 0 Å². The van der Waals surface area contributed by atoms with Crippen molar-refractivity contribution in [2.45, 2.75) is 19.1 Å². The van der Waals surface area contributed by atoms with Crippen LogP contribution in [0.4, 0.5) is 0 Å². The van der Waals surface area contributed by atoms with Gasteiger partial charge in [-0.3, -0.25) is 4.99 Å². The van der Waals surface area contributed by atoms with Crippen LogP contribution in [-0.2, 0) is 0 Å². The largest absolute Gasteiger partial charge is 0.276 e. The predicted molar refractivity (Wildman–Crippen MR) is 40.3 cm³/mol. The Labute approximate surface area is 58.8 Å². The highest BCUT2D eigenvalue weighted by Crippen LogP contribution is 2.29. The number of hydrogen-bond acceptors (Lipinski definition) is 3. The lowest BCUT2D eigenvalue weighted by atomic mass is 10.3. The fourth-order valence-corrected chi connectivity index (χ4v) is 1.94. The molecule has 0 amide bonds. The molecule has 0 saturated carbocycles. The Morgan fingerprint density at radius 1 is 1.67 bits per heavy atom. The van der Waals surface area contributed by atoms with Crippen LogP contribution < -0.4 is 0 Å². The summed E-state index contributed by atoms with van der Waals surface area (Å²) in [6.45, 7) is 2.11. The zero-order valence-electron chi connectivity index (χ0n) is 5.19. The maximum absolute atomic E-state index is 4.25. The van der Waals surface area contributed by atoms with Gasteiger partial charge in [-0.1, -0.05) is 6.08 Å². The van der Waals surface area contributed by atoms with Gasteiger partial charge in [0, 0.05) is 6.21 Å². The van der Waals surface area contributed by atoms with E-state index >= 15 is 0 Å². The predicted octanol–water partition coefficient (Wildman–Crippen LogP) is 1.26. The molecule has 0 aliphatic carbocycles. The average molecular weight is 140 g/mol. The van der Waals surface area contributed by atoms with Gasteiger partial charge in [-0.25, -0.2) is 4.31 Å². The van der Waals surface area contributed by atoms with Crippen LogP contribution in [0.15, 0.2) is 16.5 Å². The molecule has 2 atom stereocenters. The van der Waals surface area contributed by atoms with Gasteiger partial charge in [0.2, 0.25) is 0 Å². The van der Waals surface area contributed by atoms with E-state index in [0.29, 0.717) is 12.2 Å². The maximum atomic E-state index is 4.25. The molecule has 2 nitrogen and oxygen atoms in total. The maximum Gasteiger partial charge on any atom is 0.109 e. The van der Waals surface area contributed by atoms with Gasteiger partial charge in [0.1, 0.15) is 6.17 Å². The van der Waals surface area contributed by atoms with E-state index in [2.05, 4.69) is 27.7 Å². The molecule has 0 radical (unpaired) electrons. The lowest BCUT2D eigenvalue weighted by molar-refractivity contribution is 0.426. The molecule has 2 aliphatic rings. The van der Waals surface area contributed by atoms with E-state index in [9.17, 15) is 0 Å². The second-order valence-corrected chi connectivity index (χ2v) is 3.12. The summed E-state index contributed by atoms with van der Waals surface area (Å²) in [4.78, 5) is 4.25. The molecule has 2 rings (SSSR count). The standard InChI is InChI=1S/C6H8N2S/c1-5-7-4-6-2-3-9-8(5)6/h2-6H,1H3/t5-,6?/m1/s1. The van der Waals surface area contributed by atoms with E-state index in [1.54, 1.807) is 11.9 Å². The van der Waals surface area contributed by atoms with Gasteiger partial charge < -0.3 is 0 Å². The highest BCUT2D eigenvalue weighted by Gasteiger charge is 2.27. The van der Waals surface area contributed by atoms with Gasteiger partial charge in [0.15, 0.2) is 0 Å². The molecule has 0 bridgehead atoms. The Kier molecular flexibility index (Phi) is 1.13. The van der Waals surface area contributed by atoms with E-state index < -0.39 is 0 Å². The summed E-state index contributed by atoms with van der Waals surface area (Å²) in [5.41, 5.74) is 0. The molecule has 0 saturated heterocycles. The molecule has 0 aromatic heterocycles. The first-order chi connectivity index (χ1) is 4.38. The number of fused-ring (bicyclic) bond motifs is 1. The number of rotatable bonds is 0. The highest BCUT2D eigenvalue weighted by molar-refractivity contribution is 8.00. The first-order valence-electron chi connectivity index (χ1n) is 3.03. The van der Waals surface area contributed by atoms with E-state index in [0.717, 1.165) is 0 Å². The SMILES string of the molecule is C[C@@H]1N=CC2C=CSN21. The first-order valence-corrected chi connectivity index (χ1v) is 3.86. The molecule has 1 unspecified atom stereocenters. The molecule has 2 heterocycles. The molecular weight excluding hydrogens is 132 g/mol. The lowest BCUT2D eigenvalue weighted by Crippen LogP contribution is -2.24. The van der Waals surface area contributed by atoms with Crippen LogP contribution in [0.3, 0.4) is 0 Å². The van der Waals surface area contributed by atoms with Gasteiger partial charge >= 0.3 is 0 Å². The van der Waals surface area contributed by atoms with Crippen molar-refractivity contribution in [2.75, 3.05) is 0 Å². The zero-order chi connectivity index (χ0) is 6.27. The van der Waals surface area contributed by atoms with Gasteiger partial charge in [-0.05, 0) is 24.3 Å². The van der Waals surface area contributed by atoms with Crippen LogP contribution in [0, 0.1) is 0 Å². The van der Waals surface area contributed by atoms with E-state index in [-0.39, 0.29) is 0 Å². The lowest BCUT2D eigenvalue weighted by Gasteiger charge is -2.15. The van der Waals surface area contributed by atoms with Crippen molar-refractivity contribution in [3.63, 3.8) is 0 Å². The van der Waals surface area contributed by atoms with Gasteiger partial charge in [-0.2, -0.15) is 0 Å². The smallest absolute Gasteiger partial charge is 0.109 e. The summed E-state index contributed by atoms with van der Waals surface area (Å²) >= 11 is 1.75. The molecule has 0 fully saturated rings. The summed E-state index contributed by atoms with van der Waals surface area (Å²) in [7, 11) is 0. The van der Waals surface area contributed by atoms with Crippen LogP contribution in [0.1, 0.15) is 6.92 Å². The van der Waals surface area contributed by atoms with Crippen molar-refractivity contribution in [2.24, 2.45) is 4.99 Å². The summed E-state index contributed by atoms with van der Waals surface area (Å²) < 4.78 is 2.26. The number of aliphatic imine (C=N–C) groups is 1. The van der Waals surface area contributed by atoms with E-state index in [1.807, 2.05) is 6.21 Å². The highest BCUT2D eigenvalue weighted by atomic mass is 32.2. The minimum Gasteiger partial charge on any atom is -0.276 e. The molecule has 0 aromatic rings. The third-order valence-electron chi connectivity index (χ3n) is 1.57. The zero-order valence-corrected chi connectivity index (χ0v) is 6.01. The first kappa shape index (κ1) is 5.50. The van der Waals surface area contributed by atoms with Crippen molar-refractivity contribution >= 4 is 18.2 Å². The van der Waals surface area contributed by atoms with Crippen molar-refractivity contribution in [1.29, 1.82) is 0 Å². The van der Waals surface area contributed by atoms with Crippen LogP contribution in [0.2, 0.25) is 0 Å². The Bertz CT molecular complexity index is 176. The monoisotopic (exact) mass is 140 g/mol. The second-order valence-electron chi connectivity index (χ2n) is 2.21. The normalized spacial score (nSPS) is 40.1. The van der Waals surface area contributed by atoms with E-state index in [1.165, 1.54) is 0 Å². The summed E-state index contributed by atoms with van der Waals surface area (Å²) in [5.74, 6) is 0. The van der Waals surface area contributed by atoms with Crippen molar-refractivity contribution in [1.82, 2.24) is 4.31 Å². The minimum absolute atomic E-state index is 0.370. The van der Waals surface area contributed by atoms with Crippen LogP contribution in [0.25, 0.3) is 0 Å². The fourth-order valence-electron chi connectivity index (χ4n) is 1.07. The Hall–Kier alpha value is -0.280. The second kappa shape index (κ2) is 1.85. The third-order valence-corrected chi connectivity index (χ3v) is 2.65. The van der Waals surface area contributed by atoms with E-state index in [4.69, 9.17) is 0 Å². The molecule has 2 aliphatic heterocycles. The van der Waals surface area contributed by atoms with Gasteiger partial charge in [0.25, 0.3) is 0 Å². The summed E-state index contributed by atoms with van der Waals surface area (Å²) in [6.07, 6.45) is 4.54. The van der Waals surface area contributed by atoms with Crippen LogP contribution in [0.5, 0.6) is 0 Å². The topological polar surface area (TPSA) is 15.6 Å². The quantitative estimate of drug-likeness (QED) is 0.471. The number of hydrogen-bond donors (Lipinski definition) is 0. The van der Waals surface area contributed by atoms with Crippen molar-refractivity contribution in [3.8, 4) is 0 Å². The Morgan fingerprint density at radius 3 is 3.33 bits per heavy atom. The van der Waals surface area contributed by atoms with Crippen molar-refractivity contribution in [3.05, 3.63) is 11.5 Å². The molecule has 9 heavy (non-hydrogen) atoms. The minimum atomic E-state index is 0.370. The summed E-state index contributed by atoms with van der Waals surface area (Å²) in [6, 6.07) is 0.477.